The number of carbonyl (C=O) groups excluding carboxylic acids is 1. The number of ether oxygens (including phenoxy) is 2. The Bertz CT molecular complexity index is 858. The van der Waals surface area contributed by atoms with E-state index in [1.807, 2.05) is 48.7 Å². The number of hydrogen-bond acceptors (Lipinski definition) is 4. The zero-order chi connectivity index (χ0) is 16.9. The summed E-state index contributed by atoms with van der Waals surface area (Å²) in [6.07, 6.45) is 1.83. The van der Waals surface area contributed by atoms with Crippen molar-refractivity contribution in [3.63, 3.8) is 0 Å². The van der Waals surface area contributed by atoms with Gasteiger partial charge in [-0.2, -0.15) is 0 Å². The highest BCUT2D eigenvalue weighted by Gasteiger charge is 2.19. The van der Waals surface area contributed by atoms with Gasteiger partial charge in [0.15, 0.2) is 0 Å². The number of benzene rings is 1. The second kappa shape index (κ2) is 7.14. The summed E-state index contributed by atoms with van der Waals surface area (Å²) in [6.45, 7) is 0.884. The third-order valence-electron chi connectivity index (χ3n) is 3.71. The van der Waals surface area contributed by atoms with E-state index in [9.17, 15) is 4.79 Å². The van der Waals surface area contributed by atoms with E-state index in [-0.39, 0.29) is 5.91 Å². The number of pyridine rings is 1. The number of methoxy groups -OCH3 is 2. The van der Waals surface area contributed by atoms with Gasteiger partial charge in [0.2, 0.25) is 5.82 Å². The van der Waals surface area contributed by atoms with Gasteiger partial charge >= 0.3 is 0 Å². The molecular formula is C18H19N3O3. The second-order valence-electron chi connectivity index (χ2n) is 5.19. The SMILES string of the molecule is COCCNC(=O)c1nc(-c2ccccc2OC)c2ccccn12. The molecule has 1 amide bonds. The zero-order valence-electron chi connectivity index (χ0n) is 13.7. The zero-order valence-corrected chi connectivity index (χ0v) is 13.7. The minimum Gasteiger partial charge on any atom is -0.496 e. The van der Waals surface area contributed by atoms with Gasteiger partial charge in [-0.25, -0.2) is 4.98 Å². The number of amides is 1. The number of para-hydroxylation sites is 1. The first-order valence-corrected chi connectivity index (χ1v) is 7.64. The normalized spacial score (nSPS) is 10.8. The Kier molecular flexibility index (Phi) is 4.77. The molecule has 0 fully saturated rings. The number of imidazole rings is 1. The van der Waals surface area contributed by atoms with Crippen molar-refractivity contribution in [3.05, 3.63) is 54.5 Å². The number of aromatic nitrogens is 2. The van der Waals surface area contributed by atoms with Crippen LogP contribution in [-0.2, 0) is 4.74 Å². The lowest BCUT2D eigenvalue weighted by atomic mass is 10.1. The van der Waals surface area contributed by atoms with Crippen molar-refractivity contribution >= 4 is 11.4 Å². The molecule has 3 rings (SSSR count). The van der Waals surface area contributed by atoms with Gasteiger partial charge in [-0.3, -0.25) is 9.20 Å². The van der Waals surface area contributed by atoms with Crippen molar-refractivity contribution in [2.45, 2.75) is 0 Å². The molecule has 0 aliphatic carbocycles. The van der Waals surface area contributed by atoms with Crippen LogP contribution in [0, 0.1) is 0 Å². The number of nitrogens with one attached hydrogen (secondary N) is 1. The molecule has 0 bridgehead atoms. The van der Waals surface area contributed by atoms with Gasteiger partial charge in [-0.05, 0) is 24.3 Å². The van der Waals surface area contributed by atoms with Gasteiger partial charge in [0.05, 0.1) is 19.2 Å². The first-order valence-electron chi connectivity index (χ1n) is 7.64. The lowest BCUT2D eigenvalue weighted by molar-refractivity contribution is 0.0926. The van der Waals surface area contributed by atoms with E-state index < -0.39 is 0 Å². The summed E-state index contributed by atoms with van der Waals surface area (Å²) in [6, 6.07) is 13.3. The minimum atomic E-state index is -0.241. The molecule has 0 radical (unpaired) electrons. The highest BCUT2D eigenvalue weighted by atomic mass is 16.5. The Hall–Kier alpha value is -2.86. The largest absolute Gasteiger partial charge is 0.496 e. The summed E-state index contributed by atoms with van der Waals surface area (Å²) >= 11 is 0. The predicted molar refractivity (Wildman–Crippen MR) is 91.4 cm³/mol. The molecule has 3 aromatic rings. The molecule has 1 aromatic carbocycles. The van der Waals surface area contributed by atoms with E-state index in [4.69, 9.17) is 9.47 Å². The van der Waals surface area contributed by atoms with Gasteiger partial charge in [-0.15, -0.1) is 0 Å². The fourth-order valence-corrected chi connectivity index (χ4v) is 2.58. The Balaban J connectivity index is 2.08. The van der Waals surface area contributed by atoms with Crippen molar-refractivity contribution in [1.82, 2.24) is 14.7 Å². The molecule has 0 aliphatic heterocycles. The smallest absolute Gasteiger partial charge is 0.287 e. The summed E-state index contributed by atoms with van der Waals surface area (Å²) in [5, 5.41) is 2.81. The van der Waals surface area contributed by atoms with E-state index in [1.165, 1.54) is 0 Å². The van der Waals surface area contributed by atoms with Crippen LogP contribution >= 0.6 is 0 Å². The summed E-state index contributed by atoms with van der Waals surface area (Å²) in [5.41, 5.74) is 2.41. The Labute approximate surface area is 140 Å². The third-order valence-corrected chi connectivity index (χ3v) is 3.71. The van der Waals surface area contributed by atoms with Crippen molar-refractivity contribution in [1.29, 1.82) is 0 Å². The molecule has 1 N–H and O–H groups in total. The van der Waals surface area contributed by atoms with Crippen molar-refractivity contribution < 1.29 is 14.3 Å². The van der Waals surface area contributed by atoms with Crippen LogP contribution < -0.4 is 10.1 Å². The molecular weight excluding hydrogens is 306 g/mol. The van der Waals surface area contributed by atoms with Crippen LogP contribution in [0.4, 0.5) is 0 Å². The number of nitrogens with zero attached hydrogens (tertiary/aromatic N) is 2. The van der Waals surface area contributed by atoms with Crippen LogP contribution in [0.1, 0.15) is 10.6 Å². The molecule has 6 nitrogen and oxygen atoms in total. The fourth-order valence-electron chi connectivity index (χ4n) is 2.58. The molecule has 2 aromatic heterocycles. The maximum atomic E-state index is 12.5. The molecule has 0 spiro atoms. The van der Waals surface area contributed by atoms with E-state index in [0.29, 0.717) is 30.4 Å². The van der Waals surface area contributed by atoms with Crippen LogP contribution in [0.15, 0.2) is 48.7 Å². The van der Waals surface area contributed by atoms with Crippen LogP contribution in [0.3, 0.4) is 0 Å². The molecule has 6 heteroatoms. The highest BCUT2D eigenvalue weighted by Crippen LogP contribution is 2.32. The molecule has 0 saturated carbocycles. The average Bonchev–Trinajstić information content (AvgIpc) is 3.01. The first-order chi connectivity index (χ1) is 11.8. The van der Waals surface area contributed by atoms with Gasteiger partial charge in [0.1, 0.15) is 11.4 Å². The van der Waals surface area contributed by atoms with Crippen molar-refractivity contribution in [2.75, 3.05) is 27.4 Å². The molecule has 124 valence electrons. The first kappa shape index (κ1) is 16.0. The number of rotatable bonds is 6. The number of carbonyl (C=O) groups is 1. The Morgan fingerprint density at radius 1 is 1.17 bits per heavy atom. The quantitative estimate of drug-likeness (QED) is 0.707. The summed E-state index contributed by atoms with van der Waals surface area (Å²) in [4.78, 5) is 17.0. The maximum Gasteiger partial charge on any atom is 0.287 e. The lowest BCUT2D eigenvalue weighted by Crippen LogP contribution is -2.28. The van der Waals surface area contributed by atoms with Gasteiger partial charge in [0, 0.05) is 25.4 Å². The van der Waals surface area contributed by atoms with Crippen LogP contribution in [0.5, 0.6) is 5.75 Å². The van der Waals surface area contributed by atoms with E-state index in [1.54, 1.807) is 18.6 Å². The average molecular weight is 325 g/mol. The van der Waals surface area contributed by atoms with Crippen molar-refractivity contribution in [2.24, 2.45) is 0 Å². The van der Waals surface area contributed by atoms with Crippen LogP contribution in [0.2, 0.25) is 0 Å². The molecule has 2 heterocycles. The topological polar surface area (TPSA) is 64.9 Å². The fraction of sp³-hybridized carbons (Fsp3) is 0.222. The van der Waals surface area contributed by atoms with E-state index in [2.05, 4.69) is 10.3 Å². The minimum absolute atomic E-state index is 0.241. The van der Waals surface area contributed by atoms with E-state index >= 15 is 0 Å². The van der Waals surface area contributed by atoms with Gasteiger partial charge < -0.3 is 14.8 Å². The van der Waals surface area contributed by atoms with Crippen LogP contribution in [0.25, 0.3) is 16.8 Å². The molecule has 24 heavy (non-hydrogen) atoms. The summed E-state index contributed by atoms with van der Waals surface area (Å²) in [5.74, 6) is 0.810. The predicted octanol–water partition coefficient (Wildman–Crippen LogP) is 2.39. The maximum absolute atomic E-state index is 12.5. The van der Waals surface area contributed by atoms with Crippen molar-refractivity contribution in [3.8, 4) is 17.0 Å². The molecule has 0 saturated heterocycles. The molecule has 0 atom stereocenters. The van der Waals surface area contributed by atoms with Gasteiger partial charge in [0.25, 0.3) is 5.91 Å². The second-order valence-corrected chi connectivity index (χ2v) is 5.19. The van der Waals surface area contributed by atoms with Gasteiger partial charge in [-0.1, -0.05) is 18.2 Å². The molecule has 0 unspecified atom stereocenters. The number of fused-ring (bicyclic) bond motifs is 1. The monoisotopic (exact) mass is 325 g/mol. The summed E-state index contributed by atoms with van der Waals surface area (Å²) in [7, 11) is 3.21. The standard InChI is InChI=1S/C18H19N3O3/c1-23-12-10-19-18(22)17-20-16(14-8-5-6-11-21(14)17)13-7-3-4-9-15(13)24-2/h3-9,11H,10,12H2,1-2H3,(H,19,22). The highest BCUT2D eigenvalue weighted by molar-refractivity contribution is 5.95. The lowest BCUT2D eigenvalue weighted by Gasteiger charge is -2.05. The van der Waals surface area contributed by atoms with Crippen LogP contribution in [-0.4, -0.2) is 42.7 Å². The summed E-state index contributed by atoms with van der Waals surface area (Å²) < 4.78 is 12.2. The third kappa shape index (κ3) is 2.96. The Morgan fingerprint density at radius 3 is 2.75 bits per heavy atom. The Morgan fingerprint density at radius 2 is 1.96 bits per heavy atom. The van der Waals surface area contributed by atoms with E-state index in [0.717, 1.165) is 11.1 Å². The molecule has 0 aliphatic rings. The number of hydrogen-bond donors (Lipinski definition) is 1.